The van der Waals surface area contributed by atoms with Crippen LogP contribution in [0.2, 0.25) is 0 Å². The van der Waals surface area contributed by atoms with Gasteiger partial charge in [0.2, 0.25) is 5.88 Å². The number of pyridine rings is 1. The zero-order valence-corrected chi connectivity index (χ0v) is 16.3. The third-order valence-electron chi connectivity index (χ3n) is 2.90. The quantitative estimate of drug-likeness (QED) is 0.249. The molecule has 8 heteroatoms. The Morgan fingerprint density at radius 2 is 2.04 bits per heavy atom. The Balaban J connectivity index is 0.00000484. The Bertz CT molecular complexity index is 446. The summed E-state index contributed by atoms with van der Waals surface area (Å²) in [5, 5.41) is 6.46. The summed E-state index contributed by atoms with van der Waals surface area (Å²) in [5.74, 6) is 1.36. The SMILES string of the molecule is CN=C(NCCCOCCOC)NCc1cccnc1OC.I. The van der Waals surface area contributed by atoms with E-state index in [1.807, 2.05) is 12.1 Å². The fraction of sp³-hybridized carbons (Fsp3) is 0.600. The molecule has 23 heavy (non-hydrogen) atoms. The second-order valence-corrected chi connectivity index (χ2v) is 4.48. The number of halogens is 1. The van der Waals surface area contributed by atoms with Crippen LogP contribution < -0.4 is 15.4 Å². The van der Waals surface area contributed by atoms with Gasteiger partial charge in [0, 0.05) is 45.6 Å². The van der Waals surface area contributed by atoms with Crippen molar-refractivity contribution in [3.05, 3.63) is 23.9 Å². The molecule has 0 amide bonds. The molecule has 0 fully saturated rings. The Morgan fingerprint density at radius 1 is 1.22 bits per heavy atom. The number of guanidine groups is 1. The van der Waals surface area contributed by atoms with E-state index in [-0.39, 0.29) is 24.0 Å². The monoisotopic (exact) mass is 438 g/mol. The van der Waals surface area contributed by atoms with Gasteiger partial charge >= 0.3 is 0 Å². The number of methoxy groups -OCH3 is 2. The molecular formula is C15H27IN4O3. The first kappa shape index (κ1) is 21.9. The molecule has 0 bridgehead atoms. The van der Waals surface area contributed by atoms with Gasteiger partial charge in [-0.25, -0.2) is 4.98 Å². The molecule has 0 aliphatic rings. The van der Waals surface area contributed by atoms with Crippen LogP contribution in [0.4, 0.5) is 0 Å². The minimum absolute atomic E-state index is 0. The number of aromatic nitrogens is 1. The van der Waals surface area contributed by atoms with Gasteiger partial charge in [0.15, 0.2) is 5.96 Å². The Labute approximate surface area is 155 Å². The maximum atomic E-state index is 5.40. The van der Waals surface area contributed by atoms with Gasteiger partial charge in [-0.2, -0.15) is 0 Å². The summed E-state index contributed by atoms with van der Waals surface area (Å²) in [6.07, 6.45) is 2.61. The lowest BCUT2D eigenvalue weighted by Crippen LogP contribution is -2.37. The molecule has 1 heterocycles. The van der Waals surface area contributed by atoms with E-state index < -0.39 is 0 Å². The maximum absolute atomic E-state index is 5.40. The van der Waals surface area contributed by atoms with E-state index in [2.05, 4.69) is 20.6 Å². The average molecular weight is 438 g/mol. The van der Waals surface area contributed by atoms with E-state index in [0.29, 0.717) is 32.2 Å². The highest BCUT2D eigenvalue weighted by Crippen LogP contribution is 2.12. The number of ether oxygens (including phenoxy) is 3. The third kappa shape index (κ3) is 9.57. The summed E-state index contributed by atoms with van der Waals surface area (Å²) in [4.78, 5) is 8.34. The Morgan fingerprint density at radius 3 is 2.74 bits per heavy atom. The largest absolute Gasteiger partial charge is 0.481 e. The molecule has 0 saturated carbocycles. The van der Waals surface area contributed by atoms with Crippen molar-refractivity contribution in [2.24, 2.45) is 4.99 Å². The number of rotatable bonds is 10. The van der Waals surface area contributed by atoms with Gasteiger partial charge < -0.3 is 24.8 Å². The van der Waals surface area contributed by atoms with Crippen LogP contribution in [0.5, 0.6) is 5.88 Å². The molecule has 0 aliphatic carbocycles. The van der Waals surface area contributed by atoms with E-state index >= 15 is 0 Å². The smallest absolute Gasteiger partial charge is 0.218 e. The molecule has 132 valence electrons. The first-order valence-corrected chi connectivity index (χ1v) is 7.31. The van der Waals surface area contributed by atoms with E-state index in [4.69, 9.17) is 14.2 Å². The molecule has 0 atom stereocenters. The predicted octanol–water partition coefficient (Wildman–Crippen LogP) is 1.43. The molecule has 2 N–H and O–H groups in total. The standard InChI is InChI=1S/C15H26N4O3.HI/c1-16-15(18-8-5-9-22-11-10-20-2)19-12-13-6-4-7-17-14(13)21-3;/h4,6-7H,5,8-12H2,1-3H3,(H2,16,18,19);1H. The number of aliphatic imine (C=N–C) groups is 1. The van der Waals surface area contributed by atoms with Crippen molar-refractivity contribution in [3.8, 4) is 5.88 Å². The van der Waals surface area contributed by atoms with Crippen LogP contribution in [-0.4, -0.2) is 58.6 Å². The second kappa shape index (κ2) is 14.5. The summed E-state index contributed by atoms with van der Waals surface area (Å²) in [7, 11) is 5.02. The summed E-state index contributed by atoms with van der Waals surface area (Å²) in [6.45, 7) is 3.34. The zero-order valence-electron chi connectivity index (χ0n) is 14.0. The molecule has 0 spiro atoms. The van der Waals surface area contributed by atoms with E-state index in [9.17, 15) is 0 Å². The van der Waals surface area contributed by atoms with Crippen molar-refractivity contribution in [1.82, 2.24) is 15.6 Å². The molecule has 0 saturated heterocycles. The normalized spacial score (nSPS) is 10.8. The van der Waals surface area contributed by atoms with E-state index in [0.717, 1.165) is 24.5 Å². The van der Waals surface area contributed by atoms with Gasteiger partial charge in [-0.05, 0) is 12.5 Å². The van der Waals surface area contributed by atoms with Gasteiger partial charge in [-0.3, -0.25) is 4.99 Å². The highest BCUT2D eigenvalue weighted by atomic mass is 127. The number of hydrogen-bond donors (Lipinski definition) is 2. The second-order valence-electron chi connectivity index (χ2n) is 4.48. The fourth-order valence-electron chi connectivity index (χ4n) is 1.77. The van der Waals surface area contributed by atoms with Crippen LogP contribution in [0, 0.1) is 0 Å². The first-order chi connectivity index (χ1) is 10.8. The van der Waals surface area contributed by atoms with Crippen molar-refractivity contribution in [3.63, 3.8) is 0 Å². The number of hydrogen-bond acceptors (Lipinski definition) is 5. The van der Waals surface area contributed by atoms with Crippen molar-refractivity contribution in [2.45, 2.75) is 13.0 Å². The van der Waals surface area contributed by atoms with Crippen molar-refractivity contribution >= 4 is 29.9 Å². The van der Waals surface area contributed by atoms with Crippen LogP contribution in [0.15, 0.2) is 23.3 Å². The first-order valence-electron chi connectivity index (χ1n) is 7.31. The van der Waals surface area contributed by atoms with Crippen LogP contribution in [-0.2, 0) is 16.0 Å². The molecule has 1 rings (SSSR count). The third-order valence-corrected chi connectivity index (χ3v) is 2.90. The minimum atomic E-state index is 0. The van der Waals surface area contributed by atoms with Gasteiger partial charge in [0.25, 0.3) is 0 Å². The molecule has 7 nitrogen and oxygen atoms in total. The van der Waals surface area contributed by atoms with Crippen molar-refractivity contribution in [2.75, 3.05) is 47.6 Å². The molecule has 0 aliphatic heterocycles. The molecule has 1 aromatic rings. The number of nitrogens with one attached hydrogen (secondary N) is 2. The van der Waals surface area contributed by atoms with Crippen molar-refractivity contribution in [1.29, 1.82) is 0 Å². The zero-order chi connectivity index (χ0) is 16.0. The number of nitrogens with zero attached hydrogens (tertiary/aromatic N) is 2. The highest BCUT2D eigenvalue weighted by molar-refractivity contribution is 14.0. The lowest BCUT2D eigenvalue weighted by molar-refractivity contribution is 0.0698. The molecule has 1 aromatic heterocycles. The van der Waals surface area contributed by atoms with Gasteiger partial charge in [-0.15, -0.1) is 24.0 Å². The van der Waals surface area contributed by atoms with Crippen LogP contribution in [0.25, 0.3) is 0 Å². The maximum Gasteiger partial charge on any atom is 0.218 e. The van der Waals surface area contributed by atoms with Crippen LogP contribution in [0.3, 0.4) is 0 Å². The van der Waals surface area contributed by atoms with Crippen molar-refractivity contribution < 1.29 is 14.2 Å². The topological polar surface area (TPSA) is 77.0 Å². The molecular weight excluding hydrogens is 411 g/mol. The molecule has 0 radical (unpaired) electrons. The van der Waals surface area contributed by atoms with E-state index in [1.165, 1.54) is 0 Å². The average Bonchev–Trinajstić information content (AvgIpc) is 2.57. The van der Waals surface area contributed by atoms with Gasteiger partial charge in [-0.1, -0.05) is 6.07 Å². The van der Waals surface area contributed by atoms with E-state index in [1.54, 1.807) is 27.5 Å². The minimum Gasteiger partial charge on any atom is -0.481 e. The Hall–Kier alpha value is -1.13. The van der Waals surface area contributed by atoms with Crippen LogP contribution >= 0.6 is 24.0 Å². The fourth-order valence-corrected chi connectivity index (χ4v) is 1.77. The predicted molar refractivity (Wildman–Crippen MR) is 102 cm³/mol. The summed E-state index contributed by atoms with van der Waals surface area (Å²) in [5.41, 5.74) is 0.982. The van der Waals surface area contributed by atoms with Gasteiger partial charge in [0.1, 0.15) is 0 Å². The Kier molecular flexibility index (Phi) is 13.8. The molecule has 0 aromatic carbocycles. The summed E-state index contributed by atoms with van der Waals surface area (Å²) < 4.78 is 15.5. The lowest BCUT2D eigenvalue weighted by Gasteiger charge is -2.13. The summed E-state index contributed by atoms with van der Waals surface area (Å²) in [6, 6.07) is 3.85. The molecule has 0 unspecified atom stereocenters. The highest BCUT2D eigenvalue weighted by Gasteiger charge is 2.04. The lowest BCUT2D eigenvalue weighted by atomic mass is 10.2. The summed E-state index contributed by atoms with van der Waals surface area (Å²) >= 11 is 0. The van der Waals surface area contributed by atoms with Gasteiger partial charge in [0.05, 0.1) is 20.3 Å². The van der Waals surface area contributed by atoms with Crippen LogP contribution in [0.1, 0.15) is 12.0 Å².